The van der Waals surface area contributed by atoms with E-state index in [4.69, 9.17) is 0 Å². The number of nitrogens with zero attached hydrogens (tertiary/aromatic N) is 1. The SMILES string of the molecule is C[SH](C)CC1C2CN(C(C)(C)C)CC21. The zero-order chi connectivity index (χ0) is 10.5. The second-order valence-corrected chi connectivity index (χ2v) is 8.85. The summed E-state index contributed by atoms with van der Waals surface area (Å²) in [5.41, 5.74) is 0.404. The average Bonchev–Trinajstić information content (AvgIpc) is 2.50. The highest BCUT2D eigenvalue weighted by Gasteiger charge is 2.56. The van der Waals surface area contributed by atoms with Gasteiger partial charge in [0.1, 0.15) is 0 Å². The molecule has 2 fully saturated rings. The Balaban J connectivity index is 1.82. The van der Waals surface area contributed by atoms with Gasteiger partial charge in [-0.25, -0.2) is 0 Å². The molecule has 0 aromatic heterocycles. The van der Waals surface area contributed by atoms with Crippen LogP contribution < -0.4 is 0 Å². The first-order valence-electron chi connectivity index (χ1n) is 5.79. The highest BCUT2D eigenvalue weighted by molar-refractivity contribution is 8.15. The van der Waals surface area contributed by atoms with Crippen LogP contribution in [0.1, 0.15) is 20.8 Å². The van der Waals surface area contributed by atoms with Gasteiger partial charge in [-0.05, 0) is 56.8 Å². The maximum absolute atomic E-state index is 2.67. The molecular weight excluding hydrogens is 190 g/mol. The van der Waals surface area contributed by atoms with E-state index in [1.54, 1.807) is 0 Å². The van der Waals surface area contributed by atoms with Crippen molar-refractivity contribution in [1.82, 2.24) is 4.90 Å². The summed E-state index contributed by atoms with van der Waals surface area (Å²) in [6.45, 7) is 9.79. The fourth-order valence-electron chi connectivity index (χ4n) is 2.89. The Kier molecular flexibility index (Phi) is 2.64. The van der Waals surface area contributed by atoms with Gasteiger partial charge in [0.05, 0.1) is 0 Å². The van der Waals surface area contributed by atoms with E-state index in [9.17, 15) is 0 Å². The number of fused-ring (bicyclic) bond motifs is 1. The van der Waals surface area contributed by atoms with Crippen LogP contribution in [0.15, 0.2) is 0 Å². The van der Waals surface area contributed by atoms with Crippen molar-refractivity contribution in [2.24, 2.45) is 17.8 Å². The fraction of sp³-hybridized carbons (Fsp3) is 1.00. The zero-order valence-electron chi connectivity index (χ0n) is 10.2. The van der Waals surface area contributed by atoms with Crippen LogP contribution in [0, 0.1) is 17.8 Å². The Hall–Kier alpha value is 0.310. The van der Waals surface area contributed by atoms with Crippen molar-refractivity contribution in [3.63, 3.8) is 0 Å². The molecule has 1 nitrogen and oxygen atoms in total. The third-order valence-electron chi connectivity index (χ3n) is 3.90. The molecule has 2 aliphatic rings. The van der Waals surface area contributed by atoms with Crippen LogP contribution in [0.25, 0.3) is 0 Å². The van der Waals surface area contributed by atoms with Crippen LogP contribution >= 0.6 is 10.9 Å². The van der Waals surface area contributed by atoms with Crippen LogP contribution in [-0.2, 0) is 0 Å². The van der Waals surface area contributed by atoms with Gasteiger partial charge in [-0.3, -0.25) is 15.8 Å². The maximum atomic E-state index is 2.67. The van der Waals surface area contributed by atoms with E-state index in [2.05, 4.69) is 38.2 Å². The molecule has 84 valence electrons. The van der Waals surface area contributed by atoms with E-state index < -0.39 is 0 Å². The monoisotopic (exact) mass is 215 g/mol. The molecule has 1 aliphatic heterocycles. The minimum Gasteiger partial charge on any atom is -0.298 e. The summed E-state index contributed by atoms with van der Waals surface area (Å²) in [5, 5.41) is 0. The summed E-state index contributed by atoms with van der Waals surface area (Å²) in [4.78, 5) is 2.67. The van der Waals surface area contributed by atoms with Gasteiger partial charge in [0.15, 0.2) is 0 Å². The first-order valence-corrected chi connectivity index (χ1v) is 8.21. The van der Waals surface area contributed by atoms with Gasteiger partial charge in [0.2, 0.25) is 0 Å². The van der Waals surface area contributed by atoms with Gasteiger partial charge in [-0.15, -0.1) is 0 Å². The molecule has 1 saturated carbocycles. The van der Waals surface area contributed by atoms with Crippen LogP contribution in [0.2, 0.25) is 0 Å². The minimum atomic E-state index is 0.337. The topological polar surface area (TPSA) is 3.24 Å². The Bertz CT molecular complexity index is 207. The second-order valence-electron chi connectivity index (χ2n) is 6.33. The van der Waals surface area contributed by atoms with Gasteiger partial charge in [0.25, 0.3) is 0 Å². The first-order chi connectivity index (χ1) is 6.39. The summed E-state index contributed by atoms with van der Waals surface area (Å²) in [7, 11) is 0.337. The quantitative estimate of drug-likeness (QED) is 0.691. The van der Waals surface area contributed by atoms with Gasteiger partial charge < -0.3 is 0 Å². The van der Waals surface area contributed by atoms with Crippen LogP contribution in [-0.4, -0.2) is 41.8 Å². The number of likely N-dealkylation sites (tertiary alicyclic amines) is 1. The zero-order valence-corrected chi connectivity index (χ0v) is 11.1. The standard InChI is InChI=1S/C12H25NS/c1-12(2,3)13-6-9-10(7-13)11(9)8-14(4)5/h9-11,14H,6-8H2,1-5H3. The fourth-order valence-corrected chi connectivity index (χ4v) is 4.27. The molecular formula is C12H25NS. The van der Waals surface area contributed by atoms with Crippen LogP contribution in [0.5, 0.6) is 0 Å². The Morgan fingerprint density at radius 3 is 2.00 bits per heavy atom. The molecule has 1 saturated heterocycles. The predicted octanol–water partition coefficient (Wildman–Crippen LogP) is 2.22. The lowest BCUT2D eigenvalue weighted by Crippen LogP contribution is -2.41. The third-order valence-corrected chi connectivity index (χ3v) is 5.05. The van der Waals surface area contributed by atoms with Crippen molar-refractivity contribution >= 4 is 10.9 Å². The maximum Gasteiger partial charge on any atom is 0.0125 e. The van der Waals surface area contributed by atoms with E-state index in [0.717, 1.165) is 17.8 Å². The summed E-state index contributed by atoms with van der Waals surface area (Å²) >= 11 is 0. The molecule has 0 bridgehead atoms. The van der Waals surface area contributed by atoms with Gasteiger partial charge in [-0.2, -0.15) is 0 Å². The summed E-state index contributed by atoms with van der Waals surface area (Å²) in [6.07, 6.45) is 4.84. The average molecular weight is 215 g/mol. The molecule has 2 atom stereocenters. The van der Waals surface area contributed by atoms with E-state index in [0.29, 0.717) is 16.4 Å². The molecule has 2 heteroatoms. The molecule has 2 unspecified atom stereocenters. The normalized spacial score (nSPS) is 38.4. The van der Waals surface area contributed by atoms with Crippen molar-refractivity contribution < 1.29 is 0 Å². The Morgan fingerprint density at radius 1 is 1.14 bits per heavy atom. The highest BCUT2D eigenvalue weighted by Crippen LogP contribution is 2.55. The summed E-state index contributed by atoms with van der Waals surface area (Å²) in [5.74, 6) is 4.77. The van der Waals surface area contributed by atoms with Crippen molar-refractivity contribution in [3.05, 3.63) is 0 Å². The van der Waals surface area contributed by atoms with Crippen molar-refractivity contribution in [3.8, 4) is 0 Å². The number of hydrogen-bond acceptors (Lipinski definition) is 1. The third kappa shape index (κ3) is 1.96. The molecule has 0 aromatic carbocycles. The van der Waals surface area contributed by atoms with Gasteiger partial charge >= 0.3 is 0 Å². The van der Waals surface area contributed by atoms with Crippen molar-refractivity contribution in [2.45, 2.75) is 26.3 Å². The molecule has 0 N–H and O–H groups in total. The van der Waals surface area contributed by atoms with E-state index in [1.807, 2.05) is 0 Å². The van der Waals surface area contributed by atoms with E-state index in [-0.39, 0.29) is 0 Å². The van der Waals surface area contributed by atoms with Crippen LogP contribution in [0.4, 0.5) is 0 Å². The molecule has 1 aliphatic carbocycles. The number of rotatable bonds is 2. The molecule has 1 heterocycles. The molecule has 0 radical (unpaired) electrons. The van der Waals surface area contributed by atoms with Crippen molar-refractivity contribution in [2.75, 3.05) is 31.4 Å². The highest BCUT2D eigenvalue weighted by atomic mass is 32.2. The largest absolute Gasteiger partial charge is 0.298 e. The minimum absolute atomic E-state index is 0.337. The molecule has 0 spiro atoms. The number of piperidine rings is 1. The second kappa shape index (κ2) is 3.41. The number of thiol groups is 1. The predicted molar refractivity (Wildman–Crippen MR) is 67.5 cm³/mol. The van der Waals surface area contributed by atoms with Gasteiger partial charge in [0, 0.05) is 18.6 Å². The Morgan fingerprint density at radius 2 is 1.64 bits per heavy atom. The van der Waals surface area contributed by atoms with Crippen molar-refractivity contribution in [1.29, 1.82) is 0 Å². The molecule has 0 amide bonds. The lowest BCUT2D eigenvalue weighted by molar-refractivity contribution is 0.149. The van der Waals surface area contributed by atoms with Crippen LogP contribution in [0.3, 0.4) is 0 Å². The van der Waals surface area contributed by atoms with Gasteiger partial charge in [-0.1, -0.05) is 0 Å². The lowest BCUT2D eigenvalue weighted by Gasteiger charge is -2.33. The molecule has 0 aromatic rings. The number of hydrogen-bond donors (Lipinski definition) is 1. The van der Waals surface area contributed by atoms with E-state index >= 15 is 0 Å². The molecule has 14 heavy (non-hydrogen) atoms. The Labute approximate surface area is 91.6 Å². The smallest absolute Gasteiger partial charge is 0.0125 e. The van der Waals surface area contributed by atoms with E-state index in [1.165, 1.54) is 18.8 Å². The summed E-state index contributed by atoms with van der Waals surface area (Å²) < 4.78 is 0. The first kappa shape index (κ1) is 10.8. The lowest BCUT2D eigenvalue weighted by atomic mass is 10.1. The molecule has 2 rings (SSSR count). The summed E-state index contributed by atoms with van der Waals surface area (Å²) in [6, 6.07) is 0.